The second-order valence-electron chi connectivity index (χ2n) is 8.12. The van der Waals surface area contributed by atoms with E-state index in [4.69, 9.17) is 25.8 Å². The fourth-order valence-electron chi connectivity index (χ4n) is 3.66. The molecule has 1 unspecified atom stereocenters. The number of nitrogens with zero attached hydrogens (tertiary/aromatic N) is 2. The lowest BCUT2D eigenvalue weighted by Gasteiger charge is -2.16. The first-order valence-electron chi connectivity index (χ1n) is 10.9. The lowest BCUT2D eigenvalue weighted by Crippen LogP contribution is -2.21. The van der Waals surface area contributed by atoms with Crippen LogP contribution in [0.5, 0.6) is 17.2 Å². The van der Waals surface area contributed by atoms with Crippen LogP contribution in [0, 0.1) is 0 Å². The zero-order chi connectivity index (χ0) is 25.9. The van der Waals surface area contributed by atoms with Crippen molar-refractivity contribution in [2.75, 3.05) is 39.1 Å². The van der Waals surface area contributed by atoms with Gasteiger partial charge in [-0.3, -0.25) is 4.72 Å². The Balaban J connectivity index is 1.50. The average molecular weight is 615 g/mol. The number of hydrogen-bond acceptors (Lipinski definition) is 8. The molecule has 0 amide bonds. The van der Waals surface area contributed by atoms with Gasteiger partial charge in [0.25, 0.3) is 10.0 Å². The van der Waals surface area contributed by atoms with Crippen LogP contribution in [0.25, 0.3) is 0 Å². The Bertz CT molecular complexity index is 1360. The summed E-state index contributed by atoms with van der Waals surface area (Å²) in [6.07, 6.45) is 2.21. The molecule has 0 bridgehead atoms. The van der Waals surface area contributed by atoms with Gasteiger partial charge >= 0.3 is 0 Å². The van der Waals surface area contributed by atoms with Crippen molar-refractivity contribution in [3.63, 3.8) is 0 Å². The number of ether oxygens (including phenoxy) is 3. The lowest BCUT2D eigenvalue weighted by atomic mass is 10.3. The Morgan fingerprint density at radius 2 is 1.89 bits per heavy atom. The highest BCUT2D eigenvalue weighted by Crippen LogP contribution is 2.38. The first kappa shape index (κ1) is 26.9. The van der Waals surface area contributed by atoms with E-state index in [9.17, 15) is 8.42 Å². The maximum Gasteiger partial charge on any atom is 0.263 e. The first-order valence-corrected chi connectivity index (χ1v) is 14.4. The summed E-state index contributed by atoms with van der Waals surface area (Å²) in [6, 6.07) is 11.8. The number of pyridine rings is 1. The van der Waals surface area contributed by atoms with Gasteiger partial charge in [0.05, 0.1) is 29.4 Å². The predicted octanol–water partition coefficient (Wildman–Crippen LogP) is 5.55. The standard InChI is InChI=1S/C24H25BrClN3O5S2/c1-29-9-8-16(14-29)34-22-10-15(4-6-20(22)26)28-36(30,31)18-12-19(25)24(27-13-18)35-17-5-7-21(32-2)23(11-17)33-3/h4-7,10-13,16,28H,8-9,14H2,1-3H3. The summed E-state index contributed by atoms with van der Waals surface area (Å²) in [5, 5.41) is 1.03. The van der Waals surface area contributed by atoms with E-state index in [1.54, 1.807) is 38.5 Å². The second-order valence-corrected chi connectivity index (χ2v) is 12.1. The predicted molar refractivity (Wildman–Crippen MR) is 144 cm³/mol. The van der Waals surface area contributed by atoms with Crippen LogP contribution in [0.3, 0.4) is 0 Å². The van der Waals surface area contributed by atoms with E-state index in [-0.39, 0.29) is 11.0 Å². The molecule has 0 radical (unpaired) electrons. The smallest absolute Gasteiger partial charge is 0.263 e. The number of likely N-dealkylation sites (N-methyl/N-ethyl adjacent to an activating group) is 1. The van der Waals surface area contributed by atoms with Gasteiger partial charge in [-0.2, -0.15) is 0 Å². The minimum Gasteiger partial charge on any atom is -0.493 e. The number of sulfonamides is 1. The molecular weight excluding hydrogens is 590 g/mol. The average Bonchev–Trinajstić information content (AvgIpc) is 3.26. The molecule has 12 heteroatoms. The number of benzene rings is 2. The molecule has 8 nitrogen and oxygen atoms in total. The Kier molecular flexibility index (Phi) is 8.56. The zero-order valence-corrected chi connectivity index (χ0v) is 23.8. The van der Waals surface area contributed by atoms with Gasteiger partial charge in [-0.1, -0.05) is 23.4 Å². The molecular formula is C24H25BrClN3O5S2. The van der Waals surface area contributed by atoms with Crippen molar-refractivity contribution < 1.29 is 22.6 Å². The molecule has 0 spiro atoms. The number of anilines is 1. The van der Waals surface area contributed by atoms with Crippen LogP contribution >= 0.6 is 39.3 Å². The van der Waals surface area contributed by atoms with E-state index in [1.807, 2.05) is 19.2 Å². The van der Waals surface area contributed by atoms with E-state index in [1.165, 1.54) is 24.0 Å². The van der Waals surface area contributed by atoms with Crippen molar-refractivity contribution in [2.24, 2.45) is 0 Å². The molecule has 1 aliphatic heterocycles. The van der Waals surface area contributed by atoms with E-state index in [0.717, 1.165) is 24.4 Å². The quantitative estimate of drug-likeness (QED) is 0.336. The van der Waals surface area contributed by atoms with Crippen molar-refractivity contribution >= 4 is 55.0 Å². The molecule has 1 saturated heterocycles. The Morgan fingerprint density at radius 1 is 1.11 bits per heavy atom. The van der Waals surface area contributed by atoms with Gasteiger partial charge in [-0.05, 0) is 65.8 Å². The van der Waals surface area contributed by atoms with Gasteiger partial charge in [-0.15, -0.1) is 0 Å². The normalized spacial score (nSPS) is 16.1. The maximum atomic E-state index is 13.1. The number of nitrogens with one attached hydrogen (secondary N) is 1. The van der Waals surface area contributed by atoms with Crippen molar-refractivity contribution in [3.05, 3.63) is 58.2 Å². The van der Waals surface area contributed by atoms with Crippen LogP contribution in [0.15, 0.2) is 68.0 Å². The summed E-state index contributed by atoms with van der Waals surface area (Å²) >= 11 is 11.1. The number of halogens is 2. The van der Waals surface area contributed by atoms with Crippen LogP contribution in [0.4, 0.5) is 5.69 Å². The molecule has 1 atom stereocenters. The number of aromatic nitrogens is 1. The van der Waals surface area contributed by atoms with Crippen LogP contribution in [-0.2, 0) is 10.0 Å². The topological polar surface area (TPSA) is 90.0 Å². The number of likely N-dealkylation sites (tertiary alicyclic amines) is 1. The Hall–Kier alpha value is -2.18. The fraction of sp³-hybridized carbons (Fsp3) is 0.292. The van der Waals surface area contributed by atoms with E-state index in [0.29, 0.717) is 37.5 Å². The monoisotopic (exact) mass is 613 g/mol. The third-order valence-electron chi connectivity index (χ3n) is 5.49. The molecule has 1 aliphatic rings. The van der Waals surface area contributed by atoms with E-state index < -0.39 is 10.0 Å². The molecule has 1 fully saturated rings. The molecule has 4 rings (SSSR count). The molecule has 36 heavy (non-hydrogen) atoms. The fourth-order valence-corrected chi connectivity index (χ4v) is 6.38. The van der Waals surface area contributed by atoms with Gasteiger partial charge in [0, 0.05) is 30.2 Å². The summed E-state index contributed by atoms with van der Waals surface area (Å²) in [7, 11) is 1.26. The molecule has 1 aromatic heterocycles. The summed E-state index contributed by atoms with van der Waals surface area (Å²) in [5.74, 6) is 1.65. The molecule has 0 aliphatic carbocycles. The molecule has 0 saturated carbocycles. The highest BCUT2D eigenvalue weighted by molar-refractivity contribution is 9.10. The summed E-state index contributed by atoms with van der Waals surface area (Å²) in [6.45, 7) is 1.73. The third kappa shape index (κ3) is 6.38. The molecule has 192 valence electrons. The van der Waals surface area contributed by atoms with Gasteiger partial charge in [0.1, 0.15) is 21.8 Å². The summed E-state index contributed by atoms with van der Waals surface area (Å²) < 4.78 is 45.9. The van der Waals surface area contributed by atoms with Crippen molar-refractivity contribution in [2.45, 2.75) is 27.3 Å². The van der Waals surface area contributed by atoms with Crippen molar-refractivity contribution in [1.29, 1.82) is 0 Å². The van der Waals surface area contributed by atoms with E-state index in [2.05, 4.69) is 30.5 Å². The largest absolute Gasteiger partial charge is 0.493 e. The third-order valence-corrected chi connectivity index (χ3v) is 9.02. The Morgan fingerprint density at radius 3 is 2.56 bits per heavy atom. The highest BCUT2D eigenvalue weighted by Gasteiger charge is 2.23. The molecule has 2 aromatic carbocycles. The lowest BCUT2D eigenvalue weighted by molar-refractivity contribution is 0.208. The minimum absolute atomic E-state index is 0.00947. The van der Waals surface area contributed by atoms with Crippen LogP contribution in [0.2, 0.25) is 5.02 Å². The summed E-state index contributed by atoms with van der Waals surface area (Å²) in [4.78, 5) is 7.40. The first-order chi connectivity index (χ1) is 17.2. The zero-order valence-electron chi connectivity index (χ0n) is 19.8. The molecule has 1 N–H and O–H groups in total. The van der Waals surface area contributed by atoms with Crippen molar-refractivity contribution in [1.82, 2.24) is 9.88 Å². The SMILES string of the molecule is COc1ccc(Sc2ncc(S(=O)(=O)Nc3ccc(Cl)c(OC4CCN(C)C4)c3)cc2Br)cc1OC. The van der Waals surface area contributed by atoms with Crippen LogP contribution in [-0.4, -0.2) is 58.8 Å². The highest BCUT2D eigenvalue weighted by atomic mass is 79.9. The van der Waals surface area contributed by atoms with Gasteiger partial charge < -0.3 is 19.1 Å². The van der Waals surface area contributed by atoms with Gasteiger partial charge in [0.15, 0.2) is 11.5 Å². The maximum absolute atomic E-state index is 13.1. The van der Waals surface area contributed by atoms with Gasteiger partial charge in [0.2, 0.25) is 0 Å². The number of hydrogen-bond donors (Lipinski definition) is 1. The number of methoxy groups -OCH3 is 2. The second kappa shape index (κ2) is 11.5. The van der Waals surface area contributed by atoms with Crippen LogP contribution in [0.1, 0.15) is 6.42 Å². The summed E-state index contributed by atoms with van der Waals surface area (Å²) in [5.41, 5.74) is 0.348. The van der Waals surface area contributed by atoms with Crippen LogP contribution < -0.4 is 18.9 Å². The van der Waals surface area contributed by atoms with Crippen molar-refractivity contribution in [3.8, 4) is 17.2 Å². The molecule has 2 heterocycles. The molecule has 3 aromatic rings. The minimum atomic E-state index is -3.91. The number of rotatable bonds is 9. The Labute approximate surface area is 228 Å². The van der Waals surface area contributed by atoms with Gasteiger partial charge in [-0.25, -0.2) is 13.4 Å². The van der Waals surface area contributed by atoms with E-state index >= 15 is 0 Å².